The predicted molar refractivity (Wildman–Crippen MR) is 84.9 cm³/mol. The summed E-state index contributed by atoms with van der Waals surface area (Å²) in [5.41, 5.74) is 3.06. The van der Waals surface area contributed by atoms with Crippen LogP contribution in [-0.4, -0.2) is 0 Å². The summed E-state index contributed by atoms with van der Waals surface area (Å²) < 4.78 is 0. The molecule has 0 aliphatic carbocycles. The molecule has 0 unspecified atom stereocenters. The molecule has 0 radical (unpaired) electrons. The molecule has 0 aliphatic heterocycles. The Morgan fingerprint density at radius 1 is 0.889 bits per heavy atom. The molecule has 0 aromatic carbocycles. The lowest BCUT2D eigenvalue weighted by atomic mass is 10.0. The van der Waals surface area contributed by atoms with Gasteiger partial charge in [-0.15, -0.1) is 0 Å². The van der Waals surface area contributed by atoms with Gasteiger partial charge in [-0.05, 0) is 52.4 Å². The lowest BCUT2D eigenvalue weighted by molar-refractivity contribution is 0.713. The molecular weight excluding hydrogens is 216 g/mol. The third kappa shape index (κ3) is 11.7. The van der Waals surface area contributed by atoms with Crippen molar-refractivity contribution in [2.75, 3.05) is 0 Å². The third-order valence-corrected chi connectivity index (χ3v) is 3.06. The van der Waals surface area contributed by atoms with Crippen molar-refractivity contribution in [1.29, 1.82) is 0 Å². The zero-order chi connectivity index (χ0) is 13.6. The molecule has 0 aliphatic rings. The molecule has 0 heteroatoms. The van der Waals surface area contributed by atoms with Crippen LogP contribution in [0, 0.1) is 0 Å². The van der Waals surface area contributed by atoms with Gasteiger partial charge < -0.3 is 0 Å². The average molecular weight is 248 g/mol. The first-order chi connectivity index (χ1) is 8.70. The molecular formula is C18H32. The second kappa shape index (κ2) is 12.7. The molecule has 0 N–H and O–H groups in total. The van der Waals surface area contributed by atoms with E-state index in [9.17, 15) is 0 Å². The van der Waals surface area contributed by atoms with Crippen molar-refractivity contribution in [1.82, 2.24) is 0 Å². The summed E-state index contributed by atoms with van der Waals surface area (Å²) in [7, 11) is 0. The quantitative estimate of drug-likeness (QED) is 0.232. The molecule has 0 amide bonds. The largest absolute Gasteiger partial charge is 0.0856 e. The van der Waals surface area contributed by atoms with Crippen molar-refractivity contribution in [2.24, 2.45) is 0 Å². The summed E-state index contributed by atoms with van der Waals surface area (Å²) in [5.74, 6) is 0. The third-order valence-electron chi connectivity index (χ3n) is 3.06. The summed E-state index contributed by atoms with van der Waals surface area (Å²) in [6, 6.07) is 0. The van der Waals surface area contributed by atoms with Crippen LogP contribution in [0.5, 0.6) is 0 Å². The summed E-state index contributed by atoms with van der Waals surface area (Å²) >= 11 is 0. The van der Waals surface area contributed by atoms with E-state index in [1.165, 1.54) is 50.5 Å². The molecule has 0 atom stereocenters. The molecule has 0 bridgehead atoms. The Balaban J connectivity index is 4.02. The lowest BCUT2D eigenvalue weighted by Crippen LogP contribution is -1.84. The number of hydrogen-bond donors (Lipinski definition) is 0. The molecule has 0 spiro atoms. The van der Waals surface area contributed by atoms with Gasteiger partial charge in [-0.2, -0.15) is 0 Å². The molecule has 0 rings (SSSR count). The van der Waals surface area contributed by atoms with Crippen LogP contribution in [0.3, 0.4) is 0 Å². The van der Waals surface area contributed by atoms with Crippen LogP contribution in [0.25, 0.3) is 0 Å². The van der Waals surface area contributed by atoms with Gasteiger partial charge in [0.25, 0.3) is 0 Å². The number of allylic oxidation sites excluding steroid dienone is 6. The first kappa shape index (κ1) is 17.2. The van der Waals surface area contributed by atoms with Crippen molar-refractivity contribution < 1.29 is 0 Å². The van der Waals surface area contributed by atoms with E-state index in [0.717, 1.165) is 6.42 Å². The SMILES string of the molecule is CCCCC(=C/C=C/CCC=C(C)C)CCCC. The fourth-order valence-electron chi connectivity index (χ4n) is 1.87. The molecule has 0 heterocycles. The van der Waals surface area contributed by atoms with Crippen molar-refractivity contribution >= 4 is 0 Å². The van der Waals surface area contributed by atoms with Gasteiger partial charge in [0.05, 0.1) is 0 Å². The fourth-order valence-corrected chi connectivity index (χ4v) is 1.87. The van der Waals surface area contributed by atoms with E-state index in [1.807, 2.05) is 0 Å². The minimum atomic E-state index is 1.16. The van der Waals surface area contributed by atoms with Crippen LogP contribution in [0.4, 0.5) is 0 Å². The minimum Gasteiger partial charge on any atom is -0.0856 e. The van der Waals surface area contributed by atoms with E-state index in [1.54, 1.807) is 5.57 Å². The van der Waals surface area contributed by atoms with Crippen molar-refractivity contribution in [3.05, 3.63) is 35.5 Å². The average Bonchev–Trinajstić information content (AvgIpc) is 2.35. The highest BCUT2D eigenvalue weighted by Gasteiger charge is 1.95. The maximum atomic E-state index is 2.35. The first-order valence-corrected chi connectivity index (χ1v) is 7.68. The van der Waals surface area contributed by atoms with Gasteiger partial charge in [0.15, 0.2) is 0 Å². The van der Waals surface area contributed by atoms with Crippen molar-refractivity contribution in [3.63, 3.8) is 0 Å². The molecule has 18 heavy (non-hydrogen) atoms. The van der Waals surface area contributed by atoms with Crippen LogP contribution in [0.15, 0.2) is 35.5 Å². The predicted octanol–water partition coefficient (Wildman–Crippen LogP) is 6.60. The zero-order valence-electron chi connectivity index (χ0n) is 13.0. The topological polar surface area (TPSA) is 0 Å². The highest BCUT2D eigenvalue weighted by Crippen LogP contribution is 2.15. The normalized spacial score (nSPS) is 10.7. The minimum absolute atomic E-state index is 1.16. The van der Waals surface area contributed by atoms with Crippen LogP contribution in [0.1, 0.15) is 79.1 Å². The Bertz CT molecular complexity index is 252. The number of rotatable bonds is 10. The number of unbranched alkanes of at least 4 members (excludes halogenated alkanes) is 3. The smallest absolute Gasteiger partial charge is 0.0313 e. The van der Waals surface area contributed by atoms with Gasteiger partial charge in [-0.1, -0.05) is 62.1 Å². The van der Waals surface area contributed by atoms with E-state index in [-0.39, 0.29) is 0 Å². The molecule has 0 saturated heterocycles. The van der Waals surface area contributed by atoms with Crippen LogP contribution < -0.4 is 0 Å². The summed E-state index contributed by atoms with van der Waals surface area (Å²) in [5, 5.41) is 0. The molecule has 104 valence electrons. The van der Waals surface area contributed by atoms with E-state index in [4.69, 9.17) is 0 Å². The first-order valence-electron chi connectivity index (χ1n) is 7.68. The van der Waals surface area contributed by atoms with Gasteiger partial charge in [-0.25, -0.2) is 0 Å². The molecule has 0 nitrogen and oxygen atoms in total. The summed E-state index contributed by atoms with van der Waals surface area (Å²) in [4.78, 5) is 0. The Morgan fingerprint density at radius 3 is 2.00 bits per heavy atom. The molecule has 0 saturated carbocycles. The van der Waals surface area contributed by atoms with Crippen LogP contribution in [0.2, 0.25) is 0 Å². The Morgan fingerprint density at radius 2 is 1.50 bits per heavy atom. The maximum Gasteiger partial charge on any atom is -0.0313 e. The maximum absolute atomic E-state index is 2.35. The molecule has 0 fully saturated rings. The van der Waals surface area contributed by atoms with Gasteiger partial charge in [-0.3, -0.25) is 0 Å². The molecule has 0 aromatic rings. The van der Waals surface area contributed by atoms with E-state index in [2.05, 4.69) is 52.0 Å². The van der Waals surface area contributed by atoms with Gasteiger partial charge in [0.2, 0.25) is 0 Å². The van der Waals surface area contributed by atoms with Gasteiger partial charge in [0.1, 0.15) is 0 Å². The van der Waals surface area contributed by atoms with E-state index < -0.39 is 0 Å². The fraction of sp³-hybridized carbons (Fsp3) is 0.667. The van der Waals surface area contributed by atoms with Crippen LogP contribution >= 0.6 is 0 Å². The lowest BCUT2D eigenvalue weighted by Gasteiger charge is -2.04. The second-order valence-corrected chi connectivity index (χ2v) is 5.32. The van der Waals surface area contributed by atoms with Crippen LogP contribution in [-0.2, 0) is 0 Å². The van der Waals surface area contributed by atoms with Crippen molar-refractivity contribution in [3.8, 4) is 0 Å². The van der Waals surface area contributed by atoms with Crippen molar-refractivity contribution in [2.45, 2.75) is 79.1 Å². The summed E-state index contributed by atoms with van der Waals surface area (Å²) in [6.07, 6.45) is 19.4. The Hall–Kier alpha value is -0.780. The van der Waals surface area contributed by atoms with E-state index in [0.29, 0.717) is 0 Å². The highest BCUT2D eigenvalue weighted by molar-refractivity contribution is 5.12. The Kier molecular flexibility index (Phi) is 12.1. The molecule has 0 aromatic heterocycles. The number of hydrogen-bond acceptors (Lipinski definition) is 0. The monoisotopic (exact) mass is 248 g/mol. The zero-order valence-corrected chi connectivity index (χ0v) is 13.0. The van der Waals surface area contributed by atoms with Gasteiger partial charge >= 0.3 is 0 Å². The second-order valence-electron chi connectivity index (χ2n) is 5.32. The standard InChI is InChI=1S/C18H32/c1-5-7-14-18(15-8-6-2)16-12-10-9-11-13-17(3)4/h10,12-13,16H,5-9,11,14-15H2,1-4H3/b12-10+. The highest BCUT2D eigenvalue weighted by atomic mass is 14.0. The summed E-state index contributed by atoms with van der Waals surface area (Å²) in [6.45, 7) is 8.87. The van der Waals surface area contributed by atoms with Gasteiger partial charge in [0, 0.05) is 0 Å². The van der Waals surface area contributed by atoms with E-state index >= 15 is 0 Å². The Labute approximate surface area is 115 Å².